The lowest BCUT2D eigenvalue weighted by atomic mass is 9.93. The van der Waals surface area contributed by atoms with E-state index in [1.54, 1.807) is 0 Å². The number of hydrogen-bond donors (Lipinski definition) is 2. The summed E-state index contributed by atoms with van der Waals surface area (Å²) < 4.78 is 1.92. The molecule has 0 aliphatic carbocycles. The SMILES string of the molecule is NC(=O)CC1CCN(c2nc3ccccn3c2CO)CC1. The van der Waals surface area contributed by atoms with Crippen molar-refractivity contribution >= 4 is 17.4 Å². The first-order chi connectivity index (χ1) is 10.2. The Hall–Kier alpha value is -2.08. The smallest absolute Gasteiger partial charge is 0.217 e. The summed E-state index contributed by atoms with van der Waals surface area (Å²) in [6.45, 7) is 1.64. The summed E-state index contributed by atoms with van der Waals surface area (Å²) in [5.41, 5.74) is 6.93. The number of nitrogens with two attached hydrogens (primary N) is 1. The minimum Gasteiger partial charge on any atom is -0.390 e. The van der Waals surface area contributed by atoms with Gasteiger partial charge in [0.25, 0.3) is 0 Å². The van der Waals surface area contributed by atoms with Crippen LogP contribution in [0, 0.1) is 5.92 Å². The number of carbonyl (C=O) groups is 1. The van der Waals surface area contributed by atoms with E-state index >= 15 is 0 Å². The first kappa shape index (κ1) is 13.9. The molecule has 3 rings (SSSR count). The molecular weight excluding hydrogens is 268 g/mol. The molecule has 1 saturated heterocycles. The van der Waals surface area contributed by atoms with Crippen LogP contribution in [0.4, 0.5) is 5.82 Å². The van der Waals surface area contributed by atoms with Gasteiger partial charge in [-0.3, -0.25) is 9.20 Å². The van der Waals surface area contributed by atoms with Crippen LogP contribution in [0.3, 0.4) is 0 Å². The van der Waals surface area contributed by atoms with Gasteiger partial charge in [0.15, 0.2) is 5.82 Å². The summed E-state index contributed by atoms with van der Waals surface area (Å²) in [6, 6.07) is 5.80. The van der Waals surface area contributed by atoms with Gasteiger partial charge in [-0.1, -0.05) is 6.07 Å². The molecule has 0 radical (unpaired) electrons. The van der Waals surface area contributed by atoms with E-state index in [4.69, 9.17) is 5.73 Å². The number of amides is 1. The summed E-state index contributed by atoms with van der Waals surface area (Å²) in [7, 11) is 0. The average Bonchev–Trinajstić information content (AvgIpc) is 2.86. The Labute approximate surface area is 123 Å². The molecule has 0 bridgehead atoms. The first-order valence-corrected chi connectivity index (χ1v) is 7.29. The number of primary amides is 1. The summed E-state index contributed by atoms with van der Waals surface area (Å²) in [6.07, 6.45) is 4.24. The van der Waals surface area contributed by atoms with Gasteiger partial charge < -0.3 is 15.7 Å². The molecule has 21 heavy (non-hydrogen) atoms. The van der Waals surface area contributed by atoms with Gasteiger partial charge in [-0.15, -0.1) is 0 Å². The van der Waals surface area contributed by atoms with Gasteiger partial charge >= 0.3 is 0 Å². The van der Waals surface area contributed by atoms with E-state index in [9.17, 15) is 9.90 Å². The number of piperidine rings is 1. The zero-order valence-corrected chi connectivity index (χ0v) is 11.9. The lowest BCUT2D eigenvalue weighted by Crippen LogP contribution is -2.35. The van der Waals surface area contributed by atoms with Crippen LogP contribution in [0.2, 0.25) is 0 Å². The maximum atomic E-state index is 11.0. The van der Waals surface area contributed by atoms with Crippen molar-refractivity contribution in [3.05, 3.63) is 30.1 Å². The molecule has 3 heterocycles. The molecule has 2 aromatic heterocycles. The van der Waals surface area contributed by atoms with Crippen molar-refractivity contribution in [1.82, 2.24) is 9.38 Å². The van der Waals surface area contributed by atoms with Crippen molar-refractivity contribution in [2.45, 2.75) is 25.9 Å². The van der Waals surface area contributed by atoms with Crippen molar-refractivity contribution in [3.8, 4) is 0 Å². The second-order valence-corrected chi connectivity index (χ2v) is 5.57. The molecule has 0 saturated carbocycles. The Kier molecular flexibility index (Phi) is 3.79. The summed E-state index contributed by atoms with van der Waals surface area (Å²) in [5.74, 6) is 0.992. The predicted octanol–water partition coefficient (Wildman–Crippen LogP) is 0.918. The summed E-state index contributed by atoms with van der Waals surface area (Å²) in [4.78, 5) is 17.8. The van der Waals surface area contributed by atoms with Crippen LogP contribution < -0.4 is 10.6 Å². The minimum atomic E-state index is -0.225. The fraction of sp³-hybridized carbons (Fsp3) is 0.467. The topological polar surface area (TPSA) is 83.9 Å². The van der Waals surface area contributed by atoms with Crippen molar-refractivity contribution in [1.29, 1.82) is 0 Å². The van der Waals surface area contributed by atoms with Crippen molar-refractivity contribution in [2.75, 3.05) is 18.0 Å². The second kappa shape index (κ2) is 5.73. The molecule has 6 nitrogen and oxygen atoms in total. The standard InChI is InChI=1S/C15H20N4O2/c16-13(21)9-11-4-7-18(8-5-11)15-12(10-20)19-6-2-1-3-14(19)17-15/h1-3,6,11,20H,4-5,7-10H2,(H2,16,21). The number of rotatable bonds is 4. The second-order valence-electron chi connectivity index (χ2n) is 5.57. The number of aliphatic hydroxyl groups is 1. The third kappa shape index (κ3) is 2.71. The molecule has 1 aliphatic rings. The van der Waals surface area contributed by atoms with Crippen LogP contribution in [0.1, 0.15) is 25.0 Å². The van der Waals surface area contributed by atoms with E-state index in [1.165, 1.54) is 0 Å². The molecule has 2 aromatic rings. The maximum Gasteiger partial charge on any atom is 0.217 e. The fourth-order valence-corrected chi connectivity index (χ4v) is 3.07. The van der Waals surface area contributed by atoms with E-state index in [1.807, 2.05) is 28.8 Å². The van der Waals surface area contributed by atoms with Gasteiger partial charge in [0.2, 0.25) is 5.91 Å². The quantitative estimate of drug-likeness (QED) is 0.876. The molecule has 0 aromatic carbocycles. The van der Waals surface area contributed by atoms with Gasteiger partial charge in [-0.05, 0) is 30.9 Å². The Morgan fingerprint density at radius 3 is 2.81 bits per heavy atom. The minimum absolute atomic E-state index is 0.0400. The summed E-state index contributed by atoms with van der Waals surface area (Å²) >= 11 is 0. The molecule has 0 unspecified atom stereocenters. The lowest BCUT2D eigenvalue weighted by molar-refractivity contribution is -0.119. The third-order valence-corrected chi connectivity index (χ3v) is 4.16. The number of carbonyl (C=O) groups excluding carboxylic acids is 1. The molecule has 112 valence electrons. The largest absolute Gasteiger partial charge is 0.390 e. The van der Waals surface area contributed by atoms with E-state index < -0.39 is 0 Å². The van der Waals surface area contributed by atoms with E-state index in [0.717, 1.165) is 43.1 Å². The maximum absolute atomic E-state index is 11.0. The Bertz CT molecular complexity index is 644. The van der Waals surface area contributed by atoms with E-state index in [2.05, 4.69) is 9.88 Å². The van der Waals surface area contributed by atoms with Crippen LogP contribution in [0.25, 0.3) is 5.65 Å². The normalized spacial score (nSPS) is 16.5. The van der Waals surface area contributed by atoms with Crippen LogP contribution >= 0.6 is 0 Å². The fourth-order valence-electron chi connectivity index (χ4n) is 3.07. The highest BCUT2D eigenvalue weighted by molar-refractivity contribution is 5.74. The van der Waals surface area contributed by atoms with Crippen LogP contribution in [-0.4, -0.2) is 33.5 Å². The number of hydrogen-bond acceptors (Lipinski definition) is 4. The molecule has 6 heteroatoms. The van der Waals surface area contributed by atoms with Gasteiger partial charge in [0.05, 0.1) is 12.3 Å². The number of anilines is 1. The molecule has 3 N–H and O–H groups in total. The van der Waals surface area contributed by atoms with Crippen molar-refractivity contribution < 1.29 is 9.90 Å². The van der Waals surface area contributed by atoms with Crippen LogP contribution in [-0.2, 0) is 11.4 Å². The van der Waals surface area contributed by atoms with Gasteiger partial charge in [-0.2, -0.15) is 0 Å². The van der Waals surface area contributed by atoms with E-state index in [-0.39, 0.29) is 12.5 Å². The molecule has 1 fully saturated rings. The Morgan fingerprint density at radius 1 is 1.38 bits per heavy atom. The number of aromatic nitrogens is 2. The van der Waals surface area contributed by atoms with E-state index in [0.29, 0.717) is 12.3 Å². The first-order valence-electron chi connectivity index (χ1n) is 7.29. The molecule has 1 amide bonds. The molecular formula is C15H20N4O2. The third-order valence-electron chi connectivity index (χ3n) is 4.16. The van der Waals surface area contributed by atoms with Gasteiger partial charge in [0.1, 0.15) is 5.65 Å². The Morgan fingerprint density at radius 2 is 2.14 bits per heavy atom. The number of nitrogens with zero attached hydrogens (tertiary/aromatic N) is 3. The predicted molar refractivity (Wildman–Crippen MR) is 79.9 cm³/mol. The van der Waals surface area contributed by atoms with Gasteiger partial charge in [0, 0.05) is 25.7 Å². The number of aliphatic hydroxyl groups excluding tert-OH is 1. The van der Waals surface area contributed by atoms with Crippen molar-refractivity contribution in [2.24, 2.45) is 11.7 Å². The molecule has 0 spiro atoms. The van der Waals surface area contributed by atoms with Crippen LogP contribution in [0.15, 0.2) is 24.4 Å². The summed E-state index contributed by atoms with van der Waals surface area (Å²) in [5, 5.41) is 9.66. The molecule has 0 atom stereocenters. The number of imidazole rings is 1. The molecule has 1 aliphatic heterocycles. The highest BCUT2D eigenvalue weighted by Crippen LogP contribution is 2.28. The van der Waals surface area contributed by atoms with Crippen molar-refractivity contribution in [3.63, 3.8) is 0 Å². The lowest BCUT2D eigenvalue weighted by Gasteiger charge is -2.32. The highest BCUT2D eigenvalue weighted by atomic mass is 16.3. The average molecular weight is 288 g/mol. The highest BCUT2D eigenvalue weighted by Gasteiger charge is 2.24. The Balaban J connectivity index is 1.80. The zero-order chi connectivity index (χ0) is 14.8. The zero-order valence-electron chi connectivity index (χ0n) is 11.9. The van der Waals surface area contributed by atoms with Crippen LogP contribution in [0.5, 0.6) is 0 Å². The monoisotopic (exact) mass is 288 g/mol. The number of pyridine rings is 1. The van der Waals surface area contributed by atoms with Gasteiger partial charge in [-0.25, -0.2) is 4.98 Å². The number of fused-ring (bicyclic) bond motifs is 1.